The Labute approximate surface area is 87.6 Å². The quantitative estimate of drug-likeness (QED) is 0.597. The van der Waals surface area contributed by atoms with E-state index in [0.29, 0.717) is 12.2 Å². The number of nitrogens with one attached hydrogen (secondary N) is 1. The highest BCUT2D eigenvalue weighted by molar-refractivity contribution is 5.86. The lowest BCUT2D eigenvalue weighted by Crippen LogP contribution is -2.14. The third-order valence-corrected chi connectivity index (χ3v) is 2.33. The van der Waals surface area contributed by atoms with Crippen LogP contribution in [0.1, 0.15) is 6.42 Å². The fraction of sp³-hybridized carbons (Fsp3) is 0.300. The van der Waals surface area contributed by atoms with Crippen molar-refractivity contribution in [1.82, 2.24) is 5.32 Å². The average molecular weight is 207 g/mol. The summed E-state index contributed by atoms with van der Waals surface area (Å²) >= 11 is 0. The minimum absolute atomic E-state index is 0.119. The third kappa shape index (κ3) is 1.81. The van der Waals surface area contributed by atoms with Gasteiger partial charge in [-0.3, -0.25) is 5.01 Å². The van der Waals surface area contributed by atoms with Crippen molar-refractivity contribution >= 4 is 11.5 Å². The maximum absolute atomic E-state index is 9.61. The van der Waals surface area contributed by atoms with Gasteiger partial charge in [-0.15, -0.1) is 0 Å². The van der Waals surface area contributed by atoms with Crippen molar-refractivity contribution < 1.29 is 10.2 Å². The van der Waals surface area contributed by atoms with E-state index in [1.165, 1.54) is 18.2 Å². The van der Waals surface area contributed by atoms with Crippen molar-refractivity contribution in [3.63, 3.8) is 0 Å². The number of hydrazone groups is 1. The minimum Gasteiger partial charge on any atom is -0.508 e. The predicted octanol–water partition coefficient (Wildman–Crippen LogP) is 0.841. The first kappa shape index (κ1) is 9.64. The molecular formula is C10H13N3O2. The van der Waals surface area contributed by atoms with Crippen molar-refractivity contribution in [2.75, 3.05) is 18.6 Å². The summed E-state index contributed by atoms with van der Waals surface area (Å²) in [5.74, 6) is 1.11. The molecule has 0 unspecified atom stereocenters. The average Bonchev–Trinajstić information content (AvgIpc) is 2.70. The summed E-state index contributed by atoms with van der Waals surface area (Å²) in [5, 5.41) is 27.8. The Morgan fingerprint density at radius 2 is 2.20 bits per heavy atom. The van der Waals surface area contributed by atoms with E-state index >= 15 is 0 Å². The lowest BCUT2D eigenvalue weighted by molar-refractivity contribution is 0.459. The van der Waals surface area contributed by atoms with Crippen LogP contribution < -0.4 is 10.3 Å². The van der Waals surface area contributed by atoms with Crippen molar-refractivity contribution in [3.8, 4) is 11.5 Å². The van der Waals surface area contributed by atoms with Crippen molar-refractivity contribution in [2.24, 2.45) is 5.10 Å². The van der Waals surface area contributed by atoms with E-state index < -0.39 is 0 Å². The van der Waals surface area contributed by atoms with Gasteiger partial charge in [0, 0.05) is 26.1 Å². The lowest BCUT2D eigenvalue weighted by Gasteiger charge is -2.14. The maximum Gasteiger partial charge on any atom is 0.141 e. The number of rotatable bonds is 1. The smallest absolute Gasteiger partial charge is 0.141 e. The molecule has 80 valence electrons. The van der Waals surface area contributed by atoms with E-state index in [-0.39, 0.29) is 11.5 Å². The molecule has 1 aliphatic heterocycles. The van der Waals surface area contributed by atoms with Gasteiger partial charge in [0.15, 0.2) is 0 Å². The molecule has 0 saturated carbocycles. The summed E-state index contributed by atoms with van der Waals surface area (Å²) in [6, 6.07) is 4.40. The zero-order chi connectivity index (χ0) is 10.8. The van der Waals surface area contributed by atoms with Gasteiger partial charge < -0.3 is 15.5 Å². The van der Waals surface area contributed by atoms with Gasteiger partial charge in [-0.05, 0) is 12.1 Å². The van der Waals surface area contributed by atoms with E-state index in [2.05, 4.69) is 10.4 Å². The van der Waals surface area contributed by atoms with Crippen LogP contribution >= 0.6 is 0 Å². The molecule has 0 aromatic heterocycles. The van der Waals surface area contributed by atoms with Crippen LogP contribution in [0, 0.1) is 0 Å². The molecule has 0 amide bonds. The molecule has 0 saturated heterocycles. The van der Waals surface area contributed by atoms with Crippen LogP contribution in [0.25, 0.3) is 0 Å². The van der Waals surface area contributed by atoms with Crippen LogP contribution in [0.4, 0.5) is 5.69 Å². The van der Waals surface area contributed by atoms with Gasteiger partial charge >= 0.3 is 0 Å². The molecular weight excluding hydrogens is 194 g/mol. The van der Waals surface area contributed by atoms with E-state index in [4.69, 9.17) is 0 Å². The highest BCUT2D eigenvalue weighted by atomic mass is 16.3. The van der Waals surface area contributed by atoms with E-state index in [1.807, 2.05) is 7.05 Å². The van der Waals surface area contributed by atoms with Gasteiger partial charge in [-0.25, -0.2) is 0 Å². The Morgan fingerprint density at radius 3 is 2.87 bits per heavy atom. The van der Waals surface area contributed by atoms with Crippen molar-refractivity contribution in [1.29, 1.82) is 0 Å². The topological polar surface area (TPSA) is 68.1 Å². The van der Waals surface area contributed by atoms with Gasteiger partial charge in [0.25, 0.3) is 0 Å². The summed E-state index contributed by atoms with van der Waals surface area (Å²) in [6.07, 6.45) is 0.811. The summed E-state index contributed by atoms with van der Waals surface area (Å²) in [5.41, 5.74) is 0.528. The van der Waals surface area contributed by atoms with E-state index in [9.17, 15) is 10.2 Å². The molecule has 15 heavy (non-hydrogen) atoms. The number of benzene rings is 1. The Bertz CT molecular complexity index is 404. The lowest BCUT2D eigenvalue weighted by atomic mass is 10.2. The summed E-state index contributed by atoms with van der Waals surface area (Å²) in [7, 11) is 1.81. The Morgan fingerprint density at radius 1 is 1.40 bits per heavy atom. The van der Waals surface area contributed by atoms with Gasteiger partial charge in [0.1, 0.15) is 23.0 Å². The van der Waals surface area contributed by atoms with Gasteiger partial charge in [-0.2, -0.15) is 5.10 Å². The fourth-order valence-electron chi connectivity index (χ4n) is 1.53. The van der Waals surface area contributed by atoms with E-state index in [0.717, 1.165) is 12.3 Å². The van der Waals surface area contributed by atoms with Crippen LogP contribution in [0.3, 0.4) is 0 Å². The number of anilines is 1. The zero-order valence-corrected chi connectivity index (χ0v) is 8.44. The largest absolute Gasteiger partial charge is 0.508 e. The Balaban J connectivity index is 2.30. The first-order valence-corrected chi connectivity index (χ1v) is 4.75. The highest BCUT2D eigenvalue weighted by Crippen LogP contribution is 2.32. The second-order valence-electron chi connectivity index (χ2n) is 3.34. The number of phenolic OH excluding ortho intramolecular Hbond substituents is 2. The molecule has 1 aliphatic rings. The second-order valence-corrected chi connectivity index (χ2v) is 3.34. The molecule has 0 atom stereocenters. The number of nitrogens with zero attached hydrogens (tertiary/aromatic N) is 2. The number of aromatic hydroxyl groups is 2. The molecule has 0 fully saturated rings. The minimum atomic E-state index is 0.119. The molecule has 5 heteroatoms. The number of phenols is 2. The molecule has 1 heterocycles. The van der Waals surface area contributed by atoms with Crippen molar-refractivity contribution in [3.05, 3.63) is 18.2 Å². The molecule has 0 bridgehead atoms. The molecule has 1 aromatic carbocycles. The molecule has 5 nitrogen and oxygen atoms in total. The normalized spacial score (nSPS) is 15.3. The Kier molecular flexibility index (Phi) is 2.37. The van der Waals surface area contributed by atoms with Crippen LogP contribution in [-0.2, 0) is 0 Å². The zero-order valence-electron chi connectivity index (χ0n) is 8.44. The van der Waals surface area contributed by atoms with Crippen LogP contribution in [0.5, 0.6) is 11.5 Å². The van der Waals surface area contributed by atoms with Crippen LogP contribution in [0.15, 0.2) is 23.3 Å². The first-order chi connectivity index (χ1) is 7.20. The van der Waals surface area contributed by atoms with Gasteiger partial charge in [0.2, 0.25) is 0 Å². The van der Waals surface area contributed by atoms with Crippen LogP contribution in [0.2, 0.25) is 0 Å². The highest BCUT2D eigenvalue weighted by Gasteiger charge is 2.17. The van der Waals surface area contributed by atoms with Gasteiger partial charge in [0.05, 0.1) is 0 Å². The molecule has 0 radical (unpaired) electrons. The summed E-state index contributed by atoms with van der Waals surface area (Å²) < 4.78 is 0. The monoisotopic (exact) mass is 207 g/mol. The standard InChI is InChI=1S/C10H13N3O2/c1-11-10-4-5-13(12-10)8-6-7(14)2-3-9(8)15/h2-3,6,14-15H,4-5H2,1H3,(H,11,12). The number of hydrogen-bond acceptors (Lipinski definition) is 5. The first-order valence-electron chi connectivity index (χ1n) is 4.75. The number of hydrogen-bond donors (Lipinski definition) is 3. The molecule has 3 N–H and O–H groups in total. The van der Waals surface area contributed by atoms with Crippen molar-refractivity contribution in [2.45, 2.75) is 6.42 Å². The molecule has 1 aromatic rings. The SMILES string of the molecule is CNC1=NN(c2cc(O)ccc2O)CC1. The van der Waals surface area contributed by atoms with Gasteiger partial charge in [-0.1, -0.05) is 0 Å². The predicted molar refractivity (Wildman–Crippen MR) is 58.2 cm³/mol. The van der Waals surface area contributed by atoms with Crippen LogP contribution in [-0.4, -0.2) is 29.6 Å². The summed E-state index contributed by atoms with van der Waals surface area (Å²) in [4.78, 5) is 0. The number of amidine groups is 1. The molecule has 2 rings (SSSR count). The second kappa shape index (κ2) is 3.68. The molecule has 0 spiro atoms. The maximum atomic E-state index is 9.61. The Hall–Kier alpha value is -1.91. The fourth-order valence-corrected chi connectivity index (χ4v) is 1.53. The summed E-state index contributed by atoms with van der Waals surface area (Å²) in [6.45, 7) is 0.702. The van der Waals surface area contributed by atoms with E-state index in [1.54, 1.807) is 5.01 Å². The third-order valence-electron chi connectivity index (χ3n) is 2.33. The molecule has 0 aliphatic carbocycles.